The quantitative estimate of drug-likeness (QED) is 0.744. The Labute approximate surface area is 122 Å². The van der Waals surface area contributed by atoms with Gasteiger partial charge in [-0.25, -0.2) is 9.98 Å². The van der Waals surface area contributed by atoms with Crippen LogP contribution in [0.3, 0.4) is 0 Å². The van der Waals surface area contributed by atoms with Crippen LogP contribution in [0.1, 0.15) is 0 Å². The SMILES string of the molecule is Clc1ccc(NC2=NC=C[SH]2c2nc[nH]n2)cc1Cl. The van der Waals surface area contributed by atoms with Gasteiger partial charge in [-0.15, -0.1) is 16.0 Å². The van der Waals surface area contributed by atoms with Gasteiger partial charge < -0.3 is 5.32 Å². The maximum atomic E-state index is 5.98. The maximum absolute atomic E-state index is 5.98. The van der Waals surface area contributed by atoms with Crippen molar-refractivity contribution in [1.82, 2.24) is 15.2 Å². The Hall–Kier alpha value is -1.50. The summed E-state index contributed by atoms with van der Waals surface area (Å²) in [4.78, 5) is 8.47. The van der Waals surface area contributed by atoms with E-state index in [0.717, 1.165) is 16.0 Å². The first-order valence-corrected chi connectivity index (χ1v) is 7.52. The summed E-state index contributed by atoms with van der Waals surface area (Å²) in [5, 5.41) is 14.6. The predicted octanol–water partition coefficient (Wildman–Crippen LogP) is 3.42. The molecule has 0 radical (unpaired) electrons. The third kappa shape index (κ3) is 2.60. The van der Waals surface area contributed by atoms with Crippen molar-refractivity contribution in [3.63, 3.8) is 0 Å². The Morgan fingerprint density at radius 2 is 2.11 bits per heavy atom. The largest absolute Gasteiger partial charge is 0.335 e. The number of aromatic nitrogens is 3. The van der Waals surface area contributed by atoms with E-state index in [1.165, 1.54) is 0 Å². The Balaban J connectivity index is 1.81. The third-order valence-corrected chi connectivity index (χ3v) is 4.93. The van der Waals surface area contributed by atoms with Gasteiger partial charge in [-0.1, -0.05) is 23.2 Å². The smallest absolute Gasteiger partial charge is 0.198 e. The standard InChI is InChI=1S/C11H9Cl2N5S/c12-8-2-1-7(5-9(8)13)17-10-14-3-4-19(10)11-15-6-16-18-11/h1-6,19H,(H,14,17)(H,15,16,18). The average Bonchev–Trinajstić information content (AvgIpc) is 3.04. The first-order chi connectivity index (χ1) is 9.24. The molecule has 5 nitrogen and oxygen atoms in total. The normalized spacial score (nSPS) is 19.5. The molecule has 19 heavy (non-hydrogen) atoms. The molecule has 8 heteroatoms. The summed E-state index contributed by atoms with van der Waals surface area (Å²) in [6.45, 7) is 0. The van der Waals surface area contributed by atoms with Crippen LogP contribution in [0.15, 0.2) is 46.3 Å². The Bertz CT molecular complexity index is 653. The van der Waals surface area contributed by atoms with Crippen molar-refractivity contribution in [2.24, 2.45) is 4.99 Å². The number of nitrogens with zero attached hydrogens (tertiary/aromatic N) is 3. The lowest BCUT2D eigenvalue weighted by atomic mass is 10.3. The zero-order chi connectivity index (χ0) is 13.2. The van der Waals surface area contributed by atoms with Crippen molar-refractivity contribution in [2.45, 2.75) is 5.16 Å². The molecule has 0 bridgehead atoms. The van der Waals surface area contributed by atoms with Gasteiger partial charge in [0.2, 0.25) is 0 Å². The Morgan fingerprint density at radius 3 is 2.84 bits per heavy atom. The Morgan fingerprint density at radius 1 is 1.21 bits per heavy atom. The zero-order valence-electron chi connectivity index (χ0n) is 9.51. The van der Waals surface area contributed by atoms with Crippen molar-refractivity contribution in [3.8, 4) is 0 Å². The number of benzene rings is 1. The van der Waals surface area contributed by atoms with Crippen LogP contribution in [0.25, 0.3) is 0 Å². The van der Waals surface area contributed by atoms with E-state index >= 15 is 0 Å². The van der Waals surface area contributed by atoms with Gasteiger partial charge in [-0.05, 0) is 23.6 Å². The fraction of sp³-hybridized carbons (Fsp3) is 0. The minimum absolute atomic E-state index is 0.500. The summed E-state index contributed by atoms with van der Waals surface area (Å²) in [6, 6.07) is 5.35. The molecule has 0 fully saturated rings. The highest BCUT2D eigenvalue weighted by Crippen LogP contribution is 2.40. The number of aliphatic imine (C=N–C) groups is 1. The molecule has 0 saturated carbocycles. The lowest BCUT2D eigenvalue weighted by Crippen LogP contribution is -2.10. The molecule has 2 N–H and O–H groups in total. The highest BCUT2D eigenvalue weighted by atomic mass is 35.5. The first-order valence-electron chi connectivity index (χ1n) is 5.35. The van der Waals surface area contributed by atoms with Crippen LogP contribution in [0, 0.1) is 0 Å². The van der Waals surface area contributed by atoms with E-state index in [1.807, 2.05) is 11.5 Å². The fourth-order valence-electron chi connectivity index (χ4n) is 1.58. The van der Waals surface area contributed by atoms with Gasteiger partial charge >= 0.3 is 0 Å². The fourth-order valence-corrected chi connectivity index (χ4v) is 3.33. The highest BCUT2D eigenvalue weighted by molar-refractivity contribution is 8.32. The first kappa shape index (κ1) is 12.5. The number of H-pyrrole nitrogens is 1. The van der Waals surface area contributed by atoms with E-state index in [1.54, 1.807) is 24.7 Å². The van der Waals surface area contributed by atoms with Crippen molar-refractivity contribution in [2.75, 3.05) is 5.32 Å². The van der Waals surface area contributed by atoms with Crippen LogP contribution in [0.2, 0.25) is 10.0 Å². The molecular formula is C11H9Cl2N5S. The number of rotatable bonds is 2. The summed E-state index contributed by atoms with van der Waals surface area (Å²) in [6.07, 6.45) is 3.31. The van der Waals surface area contributed by atoms with E-state index in [-0.39, 0.29) is 0 Å². The molecule has 98 valence electrons. The van der Waals surface area contributed by atoms with E-state index in [2.05, 4.69) is 25.5 Å². The maximum Gasteiger partial charge on any atom is 0.198 e. The van der Waals surface area contributed by atoms with E-state index in [4.69, 9.17) is 23.2 Å². The van der Waals surface area contributed by atoms with Crippen LogP contribution in [-0.4, -0.2) is 20.3 Å². The van der Waals surface area contributed by atoms with Gasteiger partial charge in [0.15, 0.2) is 10.3 Å². The van der Waals surface area contributed by atoms with Crippen LogP contribution in [-0.2, 0) is 0 Å². The minimum atomic E-state index is -0.779. The number of hydrogen-bond acceptors (Lipinski definition) is 4. The van der Waals surface area contributed by atoms with Gasteiger partial charge in [-0.2, -0.15) is 0 Å². The van der Waals surface area contributed by atoms with Gasteiger partial charge in [-0.3, -0.25) is 5.10 Å². The number of thiol groups is 1. The predicted molar refractivity (Wildman–Crippen MR) is 80.3 cm³/mol. The zero-order valence-corrected chi connectivity index (χ0v) is 11.9. The van der Waals surface area contributed by atoms with Crippen molar-refractivity contribution in [1.29, 1.82) is 0 Å². The molecule has 1 aromatic heterocycles. The lowest BCUT2D eigenvalue weighted by Gasteiger charge is -2.14. The highest BCUT2D eigenvalue weighted by Gasteiger charge is 2.18. The molecule has 3 rings (SSSR count). The molecule has 1 unspecified atom stereocenters. The number of hydrogen-bond donors (Lipinski definition) is 3. The van der Waals surface area contributed by atoms with E-state index < -0.39 is 10.9 Å². The topological polar surface area (TPSA) is 66.0 Å². The van der Waals surface area contributed by atoms with Gasteiger partial charge in [0.1, 0.15) is 6.33 Å². The summed E-state index contributed by atoms with van der Waals surface area (Å²) < 4.78 is 0. The number of amidine groups is 1. The Kier molecular flexibility index (Phi) is 3.46. The molecule has 0 spiro atoms. The van der Waals surface area contributed by atoms with Gasteiger partial charge in [0, 0.05) is 11.9 Å². The molecule has 0 amide bonds. The summed E-state index contributed by atoms with van der Waals surface area (Å²) in [7, 11) is -0.779. The molecule has 1 aliphatic rings. The molecule has 2 heterocycles. The second-order valence-corrected chi connectivity index (χ2v) is 6.35. The van der Waals surface area contributed by atoms with Crippen molar-refractivity contribution < 1.29 is 0 Å². The second kappa shape index (κ2) is 5.24. The molecule has 0 aliphatic carbocycles. The van der Waals surface area contributed by atoms with Crippen molar-refractivity contribution >= 4 is 45.0 Å². The monoisotopic (exact) mass is 313 g/mol. The third-order valence-electron chi connectivity index (χ3n) is 2.43. The van der Waals surface area contributed by atoms with E-state index in [9.17, 15) is 0 Å². The summed E-state index contributed by atoms with van der Waals surface area (Å²) in [5.74, 6) is 0. The van der Waals surface area contributed by atoms with Crippen molar-refractivity contribution in [3.05, 3.63) is 46.2 Å². The second-order valence-electron chi connectivity index (χ2n) is 3.67. The van der Waals surface area contributed by atoms with Crippen LogP contribution in [0.4, 0.5) is 5.69 Å². The molecular weight excluding hydrogens is 305 g/mol. The summed E-state index contributed by atoms with van der Waals surface area (Å²) >= 11 is 11.9. The van der Waals surface area contributed by atoms with Crippen LogP contribution >= 0.6 is 34.1 Å². The lowest BCUT2D eigenvalue weighted by molar-refractivity contribution is 0.975. The van der Waals surface area contributed by atoms with Crippen LogP contribution in [0.5, 0.6) is 0 Å². The minimum Gasteiger partial charge on any atom is -0.335 e. The van der Waals surface area contributed by atoms with Gasteiger partial charge in [0.25, 0.3) is 0 Å². The number of aromatic amines is 1. The summed E-state index contributed by atoms with van der Waals surface area (Å²) in [5.41, 5.74) is 0.833. The number of anilines is 1. The van der Waals surface area contributed by atoms with E-state index in [0.29, 0.717) is 10.0 Å². The average molecular weight is 314 g/mol. The molecule has 1 aromatic carbocycles. The molecule has 2 aromatic rings. The van der Waals surface area contributed by atoms with Crippen LogP contribution < -0.4 is 5.32 Å². The molecule has 1 atom stereocenters. The molecule has 1 aliphatic heterocycles. The molecule has 0 saturated heterocycles. The number of nitrogens with one attached hydrogen (secondary N) is 2. The van der Waals surface area contributed by atoms with Gasteiger partial charge in [0.05, 0.1) is 10.0 Å². The number of halogens is 2.